The molecular weight excluding hydrogens is 206 g/mol. The van der Waals surface area contributed by atoms with Crippen LogP contribution in [0.1, 0.15) is 30.3 Å². The first-order valence-corrected chi connectivity index (χ1v) is 5.52. The molecule has 1 amide bonds. The second-order valence-electron chi connectivity index (χ2n) is 4.46. The fraction of sp³-hybridized carbons (Fsp3) is 0.583. The molecule has 16 heavy (non-hydrogen) atoms. The zero-order valence-corrected chi connectivity index (χ0v) is 9.73. The number of carbonyl (C=O) groups excluding carboxylic acids is 1. The van der Waals surface area contributed by atoms with Gasteiger partial charge in [0.15, 0.2) is 5.76 Å². The monoisotopic (exact) mass is 223 g/mol. The van der Waals surface area contributed by atoms with Crippen molar-refractivity contribution in [3.8, 4) is 0 Å². The van der Waals surface area contributed by atoms with Crippen LogP contribution in [0.5, 0.6) is 0 Å². The average Bonchev–Trinajstić information content (AvgIpc) is 2.82. The van der Waals surface area contributed by atoms with Crippen molar-refractivity contribution in [2.24, 2.45) is 0 Å². The Kier molecular flexibility index (Phi) is 3.01. The van der Waals surface area contributed by atoms with Gasteiger partial charge in [-0.05, 0) is 31.9 Å². The van der Waals surface area contributed by atoms with Gasteiger partial charge in [0.2, 0.25) is 0 Å². The molecule has 2 rings (SSSR count). The molecule has 1 aliphatic heterocycles. The van der Waals surface area contributed by atoms with E-state index in [1.807, 2.05) is 6.92 Å². The van der Waals surface area contributed by atoms with Crippen LogP contribution in [0.4, 0.5) is 0 Å². The molecule has 4 heteroatoms. The van der Waals surface area contributed by atoms with Gasteiger partial charge >= 0.3 is 0 Å². The lowest BCUT2D eigenvalue weighted by Crippen LogP contribution is -2.49. The van der Waals surface area contributed by atoms with Crippen molar-refractivity contribution in [1.82, 2.24) is 4.90 Å². The summed E-state index contributed by atoms with van der Waals surface area (Å²) in [6, 6.07) is 3.42. The molecule has 1 atom stereocenters. The number of amides is 1. The Morgan fingerprint density at radius 2 is 2.44 bits per heavy atom. The molecule has 0 saturated carbocycles. The Balaban J connectivity index is 2.08. The average molecular weight is 223 g/mol. The largest absolute Gasteiger partial charge is 0.459 e. The van der Waals surface area contributed by atoms with Gasteiger partial charge in [0.25, 0.3) is 5.91 Å². The van der Waals surface area contributed by atoms with Gasteiger partial charge < -0.3 is 14.1 Å². The Hall–Kier alpha value is -1.29. The van der Waals surface area contributed by atoms with Crippen LogP contribution >= 0.6 is 0 Å². The van der Waals surface area contributed by atoms with E-state index in [2.05, 4.69) is 0 Å². The molecule has 1 aliphatic rings. The Bertz CT molecular complexity index is 360. The van der Waals surface area contributed by atoms with Crippen molar-refractivity contribution in [2.75, 3.05) is 20.2 Å². The highest BCUT2D eigenvalue weighted by molar-refractivity contribution is 5.91. The molecular formula is C12H17NO3. The molecule has 4 nitrogen and oxygen atoms in total. The highest BCUT2D eigenvalue weighted by Crippen LogP contribution is 2.24. The molecule has 2 heterocycles. The molecule has 0 spiro atoms. The summed E-state index contributed by atoms with van der Waals surface area (Å²) in [6.07, 6.45) is 3.48. The number of furan rings is 1. The number of methoxy groups -OCH3 is 1. The minimum absolute atomic E-state index is 0.0482. The number of likely N-dealkylation sites (tertiary alicyclic amines) is 1. The molecule has 1 fully saturated rings. The van der Waals surface area contributed by atoms with Crippen LogP contribution in [0.15, 0.2) is 22.8 Å². The minimum atomic E-state index is -0.222. The van der Waals surface area contributed by atoms with Crippen LogP contribution in [0.3, 0.4) is 0 Å². The molecule has 0 N–H and O–H groups in total. The summed E-state index contributed by atoms with van der Waals surface area (Å²) in [6.45, 7) is 3.44. The number of piperidine rings is 1. The van der Waals surface area contributed by atoms with Crippen LogP contribution < -0.4 is 0 Å². The first-order chi connectivity index (χ1) is 7.64. The summed E-state index contributed by atoms with van der Waals surface area (Å²) in [5.74, 6) is 0.355. The highest BCUT2D eigenvalue weighted by Gasteiger charge is 2.33. The fourth-order valence-electron chi connectivity index (χ4n) is 2.10. The normalized spacial score (nSPS) is 25.8. The van der Waals surface area contributed by atoms with E-state index >= 15 is 0 Å². The third-order valence-corrected chi connectivity index (χ3v) is 3.17. The molecule has 0 aliphatic carbocycles. The lowest BCUT2D eigenvalue weighted by molar-refractivity contribution is -0.0445. The molecule has 0 bridgehead atoms. The zero-order valence-electron chi connectivity index (χ0n) is 9.73. The van der Waals surface area contributed by atoms with E-state index in [-0.39, 0.29) is 11.5 Å². The summed E-state index contributed by atoms with van der Waals surface area (Å²) in [4.78, 5) is 13.8. The molecule has 88 valence electrons. The summed E-state index contributed by atoms with van der Waals surface area (Å²) < 4.78 is 10.6. The Labute approximate surface area is 95.2 Å². The maximum Gasteiger partial charge on any atom is 0.289 e. The topological polar surface area (TPSA) is 42.7 Å². The summed E-state index contributed by atoms with van der Waals surface area (Å²) in [7, 11) is 1.70. The fourth-order valence-corrected chi connectivity index (χ4v) is 2.10. The van der Waals surface area contributed by atoms with Crippen LogP contribution in [0.25, 0.3) is 0 Å². The van der Waals surface area contributed by atoms with Crippen LogP contribution in [-0.2, 0) is 4.74 Å². The van der Waals surface area contributed by atoms with Crippen molar-refractivity contribution in [1.29, 1.82) is 0 Å². The molecule has 0 aromatic carbocycles. The first-order valence-electron chi connectivity index (χ1n) is 5.52. The Morgan fingerprint density at radius 1 is 1.62 bits per heavy atom. The number of carbonyl (C=O) groups is 1. The number of hydrogen-bond acceptors (Lipinski definition) is 3. The first kappa shape index (κ1) is 11.2. The van der Waals surface area contributed by atoms with E-state index in [0.29, 0.717) is 12.3 Å². The van der Waals surface area contributed by atoms with Crippen molar-refractivity contribution in [3.63, 3.8) is 0 Å². The van der Waals surface area contributed by atoms with Gasteiger partial charge in [-0.2, -0.15) is 0 Å². The summed E-state index contributed by atoms with van der Waals surface area (Å²) in [5, 5.41) is 0. The van der Waals surface area contributed by atoms with Crippen molar-refractivity contribution >= 4 is 5.91 Å². The predicted molar refractivity (Wildman–Crippen MR) is 59.3 cm³/mol. The second-order valence-corrected chi connectivity index (χ2v) is 4.46. The maximum atomic E-state index is 12.0. The smallest absolute Gasteiger partial charge is 0.289 e. The minimum Gasteiger partial charge on any atom is -0.459 e. The maximum absolute atomic E-state index is 12.0. The molecule has 1 saturated heterocycles. The third-order valence-electron chi connectivity index (χ3n) is 3.17. The number of rotatable bonds is 2. The predicted octanol–water partition coefficient (Wildman–Crippen LogP) is 1.92. The Morgan fingerprint density at radius 3 is 3.06 bits per heavy atom. The number of ether oxygens (including phenoxy) is 1. The highest BCUT2D eigenvalue weighted by atomic mass is 16.5. The van der Waals surface area contributed by atoms with Crippen molar-refractivity contribution in [3.05, 3.63) is 24.2 Å². The van der Waals surface area contributed by atoms with Crippen molar-refractivity contribution < 1.29 is 13.9 Å². The summed E-state index contributed by atoms with van der Waals surface area (Å²) in [5.41, 5.74) is -0.222. The van der Waals surface area contributed by atoms with E-state index in [4.69, 9.17) is 9.15 Å². The van der Waals surface area contributed by atoms with Gasteiger partial charge in [0.1, 0.15) is 0 Å². The molecule has 1 unspecified atom stereocenters. The van der Waals surface area contributed by atoms with Gasteiger partial charge in [-0.3, -0.25) is 4.79 Å². The van der Waals surface area contributed by atoms with E-state index < -0.39 is 0 Å². The van der Waals surface area contributed by atoms with Crippen molar-refractivity contribution in [2.45, 2.75) is 25.4 Å². The van der Waals surface area contributed by atoms with E-state index in [1.54, 1.807) is 24.1 Å². The van der Waals surface area contributed by atoms with Crippen LogP contribution in [0.2, 0.25) is 0 Å². The van der Waals surface area contributed by atoms with E-state index in [9.17, 15) is 4.79 Å². The molecule has 1 aromatic rings. The lowest BCUT2D eigenvalue weighted by Gasteiger charge is -2.39. The quantitative estimate of drug-likeness (QED) is 0.769. The number of hydrogen-bond donors (Lipinski definition) is 0. The molecule has 0 radical (unpaired) electrons. The van der Waals surface area contributed by atoms with E-state index in [0.717, 1.165) is 19.4 Å². The van der Waals surface area contributed by atoms with Crippen LogP contribution in [-0.4, -0.2) is 36.6 Å². The van der Waals surface area contributed by atoms with Gasteiger partial charge in [-0.25, -0.2) is 0 Å². The number of nitrogens with zero attached hydrogens (tertiary/aromatic N) is 1. The standard InChI is InChI=1S/C12H17NO3/c1-12(15-2)6-4-7-13(9-12)11(14)10-5-3-8-16-10/h3,5,8H,4,6-7,9H2,1-2H3. The third kappa shape index (κ3) is 2.11. The van der Waals surface area contributed by atoms with Crippen LogP contribution in [0, 0.1) is 0 Å². The SMILES string of the molecule is COC1(C)CCCN(C(=O)c2ccco2)C1. The van der Waals surface area contributed by atoms with Gasteiger partial charge in [0, 0.05) is 20.2 Å². The van der Waals surface area contributed by atoms with Gasteiger partial charge in [-0.1, -0.05) is 0 Å². The van der Waals surface area contributed by atoms with Gasteiger partial charge in [-0.15, -0.1) is 0 Å². The van der Waals surface area contributed by atoms with E-state index in [1.165, 1.54) is 6.26 Å². The lowest BCUT2D eigenvalue weighted by atomic mass is 9.94. The second kappa shape index (κ2) is 4.29. The zero-order chi connectivity index (χ0) is 11.6. The van der Waals surface area contributed by atoms with Gasteiger partial charge in [0.05, 0.1) is 11.9 Å². The molecule has 1 aromatic heterocycles. The summed E-state index contributed by atoms with van der Waals surface area (Å²) >= 11 is 0.